The van der Waals surface area contributed by atoms with Gasteiger partial charge in [-0.3, -0.25) is 8.98 Å². The van der Waals surface area contributed by atoms with Gasteiger partial charge in [-0.05, 0) is 12.1 Å². The van der Waals surface area contributed by atoms with Crippen LogP contribution in [0.1, 0.15) is 16.4 Å². The van der Waals surface area contributed by atoms with Crippen molar-refractivity contribution in [2.45, 2.75) is 18.2 Å². The summed E-state index contributed by atoms with van der Waals surface area (Å²) in [4.78, 5) is 24.2. The molecule has 13 nitrogen and oxygen atoms in total. The number of fused-ring (bicyclic) bond motifs is 1. The Kier molecular flexibility index (Phi) is 5.45. The van der Waals surface area contributed by atoms with E-state index in [1.807, 2.05) is 0 Å². The molecule has 1 unspecified atom stereocenters. The van der Waals surface area contributed by atoms with Gasteiger partial charge >= 0.3 is 10.3 Å². The van der Waals surface area contributed by atoms with Crippen LogP contribution in [0.5, 0.6) is 0 Å². The first-order valence-corrected chi connectivity index (χ1v) is 10.5. The van der Waals surface area contributed by atoms with Crippen molar-refractivity contribution in [1.29, 1.82) is 0 Å². The van der Waals surface area contributed by atoms with Gasteiger partial charge in [-0.2, -0.15) is 8.42 Å². The fourth-order valence-electron chi connectivity index (χ4n) is 3.23. The van der Waals surface area contributed by atoms with E-state index < -0.39 is 41.1 Å². The number of ether oxygens (including phenoxy) is 1. The van der Waals surface area contributed by atoms with E-state index in [1.54, 1.807) is 21.4 Å². The smallest absolute Gasteiger partial charge is 0.362 e. The van der Waals surface area contributed by atoms with Crippen LogP contribution in [0.2, 0.25) is 0 Å². The Morgan fingerprint density at radius 2 is 2.06 bits per heavy atom. The molecule has 1 fully saturated rings. The second kappa shape index (κ2) is 8.07. The number of carbonyl (C=O) groups is 1. The Morgan fingerprint density at radius 3 is 2.84 bits per heavy atom. The molecule has 31 heavy (non-hydrogen) atoms. The van der Waals surface area contributed by atoms with Crippen LogP contribution >= 0.6 is 0 Å². The molecule has 164 valence electrons. The normalized spacial score (nSPS) is 21.4. The van der Waals surface area contributed by atoms with E-state index in [2.05, 4.69) is 15.0 Å². The number of aromatic nitrogens is 4. The predicted molar refractivity (Wildman–Crippen MR) is 108 cm³/mol. The zero-order chi connectivity index (χ0) is 22.2. The van der Waals surface area contributed by atoms with Crippen molar-refractivity contribution in [2.75, 3.05) is 24.7 Å². The van der Waals surface area contributed by atoms with Crippen LogP contribution in [0, 0.1) is 0 Å². The summed E-state index contributed by atoms with van der Waals surface area (Å²) in [5, 5.41) is 10.6. The number of nitrogens with one attached hydrogen (secondary N) is 1. The Hall–Kier alpha value is -3.33. The Morgan fingerprint density at radius 1 is 1.29 bits per heavy atom. The number of nitrogens with two attached hydrogens (primary N) is 2. The first kappa shape index (κ1) is 20.9. The number of aliphatic hydroxyl groups is 1. The number of anilines is 2. The lowest BCUT2D eigenvalue weighted by Gasteiger charge is -2.18. The molecule has 3 atom stereocenters. The highest BCUT2D eigenvalue weighted by Gasteiger charge is 2.39. The van der Waals surface area contributed by atoms with E-state index in [1.165, 1.54) is 24.8 Å². The molecule has 3 heterocycles. The minimum absolute atomic E-state index is 0.0138. The molecule has 3 aromatic rings. The van der Waals surface area contributed by atoms with E-state index in [0.717, 1.165) is 0 Å². The topological polar surface area (TPSA) is 198 Å². The number of nitrogen functional groups attached to an aromatic ring is 2. The van der Waals surface area contributed by atoms with Gasteiger partial charge in [0.15, 0.2) is 11.5 Å². The highest BCUT2D eigenvalue weighted by molar-refractivity contribution is 7.85. The van der Waals surface area contributed by atoms with Crippen molar-refractivity contribution < 1.29 is 27.2 Å². The number of nitrogens with zero attached hydrogens (tertiary/aromatic N) is 4. The third-order valence-electron chi connectivity index (χ3n) is 4.81. The summed E-state index contributed by atoms with van der Waals surface area (Å²) in [6.07, 6.45) is 0.601. The van der Waals surface area contributed by atoms with Crippen molar-refractivity contribution in [1.82, 2.24) is 24.2 Å². The number of amides is 1. The minimum Gasteiger partial charge on any atom is -0.398 e. The minimum atomic E-state index is -4.47. The Balaban J connectivity index is 1.40. The maximum Gasteiger partial charge on any atom is 0.362 e. The van der Waals surface area contributed by atoms with Crippen molar-refractivity contribution in [3.8, 4) is 0 Å². The van der Waals surface area contributed by atoms with Crippen molar-refractivity contribution >= 4 is 38.9 Å². The fourth-order valence-corrected chi connectivity index (χ4v) is 3.94. The standard InChI is InChI=1S/C17H19N7O6S/c18-10-4-2-1-3-9(10)17(26)23-31(27,28)30-6-12-14(25)11(5-29-12)24-8-22-13-15(19)20-7-21-16(13)24/h1-4,7-8,11-12,14,25H,5-6,18H2,(H,23,26)(H2,19,20,21)/t11?,12-,14+/m1/s1. The van der Waals surface area contributed by atoms with E-state index in [0.29, 0.717) is 11.2 Å². The number of hydrogen-bond donors (Lipinski definition) is 4. The summed E-state index contributed by atoms with van der Waals surface area (Å²) in [5.74, 6) is -0.746. The second-order valence-corrected chi connectivity index (χ2v) is 8.12. The van der Waals surface area contributed by atoms with Gasteiger partial charge < -0.3 is 25.9 Å². The monoisotopic (exact) mass is 449 g/mol. The lowest BCUT2D eigenvalue weighted by Crippen LogP contribution is -2.37. The predicted octanol–water partition coefficient (Wildman–Crippen LogP) is -1.02. The molecule has 0 aliphatic carbocycles. The molecule has 1 aliphatic heterocycles. The third-order valence-corrected chi connectivity index (χ3v) is 5.69. The van der Waals surface area contributed by atoms with Gasteiger partial charge in [-0.1, -0.05) is 12.1 Å². The van der Waals surface area contributed by atoms with Crippen molar-refractivity contribution in [3.63, 3.8) is 0 Å². The summed E-state index contributed by atoms with van der Waals surface area (Å²) < 4.78 is 37.9. The van der Waals surface area contributed by atoms with E-state index >= 15 is 0 Å². The second-order valence-electron chi connectivity index (χ2n) is 6.77. The number of rotatable bonds is 6. The molecule has 1 aliphatic rings. The fraction of sp³-hybridized carbons (Fsp3) is 0.294. The zero-order valence-corrected chi connectivity index (χ0v) is 16.8. The van der Waals surface area contributed by atoms with Crippen molar-refractivity contribution in [2.24, 2.45) is 0 Å². The SMILES string of the molecule is Nc1ccccc1C(=O)NS(=O)(=O)OC[C@H]1OCC(n2cnc3c(N)ncnc32)[C@@H]1O. The molecule has 14 heteroatoms. The molecule has 0 spiro atoms. The molecular weight excluding hydrogens is 430 g/mol. The first-order valence-electron chi connectivity index (χ1n) is 9.05. The number of imidazole rings is 1. The molecule has 2 aromatic heterocycles. The van der Waals surface area contributed by atoms with E-state index in [9.17, 15) is 18.3 Å². The van der Waals surface area contributed by atoms with Crippen LogP contribution in [0.15, 0.2) is 36.9 Å². The van der Waals surface area contributed by atoms with E-state index in [-0.39, 0.29) is 23.7 Å². The van der Waals surface area contributed by atoms with Gasteiger partial charge in [0.2, 0.25) is 0 Å². The third kappa shape index (κ3) is 4.13. The average molecular weight is 449 g/mol. The van der Waals surface area contributed by atoms with Gasteiger partial charge in [0.25, 0.3) is 5.91 Å². The summed E-state index contributed by atoms with van der Waals surface area (Å²) in [7, 11) is -4.47. The van der Waals surface area contributed by atoms with Crippen LogP contribution in [0.25, 0.3) is 11.2 Å². The molecule has 6 N–H and O–H groups in total. The number of aliphatic hydroxyl groups excluding tert-OH is 1. The molecule has 4 rings (SSSR count). The lowest BCUT2D eigenvalue weighted by atomic mass is 10.1. The molecule has 1 saturated heterocycles. The van der Waals surface area contributed by atoms with Crippen LogP contribution in [0.4, 0.5) is 11.5 Å². The van der Waals surface area contributed by atoms with Crippen LogP contribution in [0.3, 0.4) is 0 Å². The Bertz CT molecular complexity index is 1230. The first-order chi connectivity index (χ1) is 14.8. The van der Waals surface area contributed by atoms with Crippen LogP contribution in [-0.2, 0) is 19.2 Å². The van der Waals surface area contributed by atoms with Gasteiger partial charge in [-0.15, -0.1) is 0 Å². The Labute approximate surface area is 176 Å². The molecular formula is C17H19N7O6S. The van der Waals surface area contributed by atoms with Gasteiger partial charge in [0, 0.05) is 5.69 Å². The molecule has 1 amide bonds. The number of hydrogen-bond acceptors (Lipinski definition) is 11. The molecule has 1 aromatic carbocycles. The lowest BCUT2D eigenvalue weighted by molar-refractivity contribution is 0.0101. The quantitative estimate of drug-likeness (QED) is 0.336. The van der Waals surface area contributed by atoms with Gasteiger partial charge in [0.05, 0.1) is 31.1 Å². The van der Waals surface area contributed by atoms with Gasteiger partial charge in [0.1, 0.15) is 24.1 Å². The van der Waals surface area contributed by atoms with Crippen LogP contribution in [-0.4, -0.2) is 64.4 Å². The number of carbonyl (C=O) groups excluding carboxylic acids is 1. The number of para-hydroxylation sites is 1. The number of benzene rings is 1. The van der Waals surface area contributed by atoms with Crippen molar-refractivity contribution in [3.05, 3.63) is 42.5 Å². The molecule has 0 bridgehead atoms. The van der Waals surface area contributed by atoms with E-state index in [4.69, 9.17) is 20.4 Å². The summed E-state index contributed by atoms with van der Waals surface area (Å²) >= 11 is 0. The zero-order valence-electron chi connectivity index (χ0n) is 16.0. The maximum atomic E-state index is 12.1. The van der Waals surface area contributed by atoms with Crippen LogP contribution < -0.4 is 16.2 Å². The average Bonchev–Trinajstić information content (AvgIpc) is 3.30. The van der Waals surface area contributed by atoms with Gasteiger partial charge in [-0.25, -0.2) is 19.7 Å². The maximum absolute atomic E-state index is 12.1. The molecule has 0 radical (unpaired) electrons. The highest BCUT2D eigenvalue weighted by Crippen LogP contribution is 2.29. The highest BCUT2D eigenvalue weighted by atomic mass is 32.2. The summed E-state index contributed by atoms with van der Waals surface area (Å²) in [5.41, 5.74) is 12.3. The summed E-state index contributed by atoms with van der Waals surface area (Å²) in [6, 6.07) is 5.38. The molecule has 0 saturated carbocycles. The largest absolute Gasteiger partial charge is 0.398 e. The summed E-state index contributed by atoms with van der Waals surface area (Å²) in [6.45, 7) is -0.466.